The molecule has 33 heavy (non-hydrogen) atoms. The van der Waals surface area contributed by atoms with Gasteiger partial charge < -0.3 is 4.74 Å². The van der Waals surface area contributed by atoms with Gasteiger partial charge in [0.2, 0.25) is 5.91 Å². The zero-order valence-corrected chi connectivity index (χ0v) is 19.5. The molecule has 1 aliphatic rings. The molecule has 0 bridgehead atoms. The van der Waals surface area contributed by atoms with Crippen molar-refractivity contribution in [3.05, 3.63) is 100 Å². The molecular formula is C26H21FN2O2S2. The highest BCUT2D eigenvalue weighted by Gasteiger charge is 2.35. The van der Waals surface area contributed by atoms with Gasteiger partial charge in [0.05, 0.1) is 17.0 Å². The van der Waals surface area contributed by atoms with E-state index in [0.29, 0.717) is 12.4 Å². The van der Waals surface area contributed by atoms with Crippen LogP contribution in [0.4, 0.5) is 10.1 Å². The number of nitrogens with zero attached hydrogens (tertiary/aromatic N) is 2. The van der Waals surface area contributed by atoms with E-state index >= 15 is 0 Å². The maximum atomic E-state index is 13.5. The monoisotopic (exact) mass is 476 g/mol. The number of thiazole rings is 1. The van der Waals surface area contributed by atoms with E-state index in [1.54, 1.807) is 29.4 Å². The summed E-state index contributed by atoms with van der Waals surface area (Å²) >= 11 is 3.09. The maximum absolute atomic E-state index is 13.5. The third-order valence-corrected chi connectivity index (χ3v) is 7.45. The van der Waals surface area contributed by atoms with Crippen LogP contribution in [0, 0.1) is 12.7 Å². The number of rotatable bonds is 6. The summed E-state index contributed by atoms with van der Waals surface area (Å²) < 4.78 is 19.7. The summed E-state index contributed by atoms with van der Waals surface area (Å²) in [5, 5.41) is 1.76. The highest BCUT2D eigenvalue weighted by Crippen LogP contribution is 2.46. The Bertz CT molecular complexity index is 1260. The van der Waals surface area contributed by atoms with Crippen LogP contribution < -0.4 is 9.64 Å². The lowest BCUT2D eigenvalue weighted by Crippen LogP contribution is -2.28. The molecule has 0 saturated carbocycles. The number of anilines is 1. The predicted octanol–water partition coefficient (Wildman–Crippen LogP) is 6.62. The molecule has 1 fully saturated rings. The molecule has 7 heteroatoms. The number of benzene rings is 3. The Kier molecular flexibility index (Phi) is 6.15. The van der Waals surface area contributed by atoms with Gasteiger partial charge in [0.15, 0.2) is 0 Å². The van der Waals surface area contributed by atoms with Crippen LogP contribution in [0.5, 0.6) is 5.75 Å². The van der Waals surface area contributed by atoms with Crippen LogP contribution in [-0.2, 0) is 11.4 Å². The van der Waals surface area contributed by atoms with Gasteiger partial charge in [0.1, 0.15) is 23.5 Å². The topological polar surface area (TPSA) is 42.4 Å². The molecule has 0 N–H and O–H groups in total. The van der Waals surface area contributed by atoms with Crippen molar-refractivity contribution in [2.24, 2.45) is 0 Å². The number of aromatic nitrogens is 1. The highest BCUT2D eigenvalue weighted by molar-refractivity contribution is 8.00. The first kappa shape index (κ1) is 21.7. The van der Waals surface area contributed by atoms with Crippen molar-refractivity contribution in [2.45, 2.75) is 18.9 Å². The third-order valence-electron chi connectivity index (χ3n) is 5.60. The Morgan fingerprint density at radius 3 is 2.61 bits per heavy atom. The van der Waals surface area contributed by atoms with Gasteiger partial charge in [-0.05, 0) is 47.9 Å². The summed E-state index contributed by atoms with van der Waals surface area (Å²) in [6.07, 6.45) is 0. The summed E-state index contributed by atoms with van der Waals surface area (Å²) in [6.45, 7) is 2.39. The van der Waals surface area contributed by atoms with E-state index in [4.69, 9.17) is 4.74 Å². The van der Waals surface area contributed by atoms with E-state index in [2.05, 4.69) is 4.98 Å². The third kappa shape index (κ3) is 4.38. The number of hydrogen-bond acceptors (Lipinski definition) is 5. The summed E-state index contributed by atoms with van der Waals surface area (Å²) in [5.74, 6) is 0.869. The number of carbonyl (C=O) groups excluding carboxylic acids is 1. The largest absolute Gasteiger partial charge is 0.487 e. The molecular weight excluding hydrogens is 455 g/mol. The van der Waals surface area contributed by atoms with Crippen LogP contribution in [0.15, 0.2) is 77.6 Å². The van der Waals surface area contributed by atoms with Gasteiger partial charge >= 0.3 is 0 Å². The molecule has 1 aliphatic heterocycles. The molecule has 4 nitrogen and oxygen atoms in total. The SMILES string of the molecule is Cc1c(N2C(=O)CSC2c2ccc(F)cc2)ccc(OCc2cscn2)c1-c1ccccc1. The predicted molar refractivity (Wildman–Crippen MR) is 132 cm³/mol. The average Bonchev–Trinajstić information content (AvgIpc) is 3.49. The van der Waals surface area contributed by atoms with Crippen LogP contribution in [-0.4, -0.2) is 16.6 Å². The van der Waals surface area contributed by atoms with Crippen molar-refractivity contribution in [2.75, 3.05) is 10.7 Å². The first-order valence-electron chi connectivity index (χ1n) is 10.5. The van der Waals surface area contributed by atoms with Crippen molar-refractivity contribution < 1.29 is 13.9 Å². The van der Waals surface area contributed by atoms with Crippen molar-refractivity contribution in [3.8, 4) is 16.9 Å². The molecule has 4 aromatic rings. The first-order chi connectivity index (χ1) is 16.1. The number of ether oxygens (including phenoxy) is 1. The van der Waals surface area contributed by atoms with Crippen molar-refractivity contribution in [1.29, 1.82) is 0 Å². The molecule has 1 aromatic heterocycles. The lowest BCUT2D eigenvalue weighted by molar-refractivity contribution is -0.115. The van der Waals surface area contributed by atoms with Gasteiger partial charge in [-0.25, -0.2) is 9.37 Å². The Labute approximate surface area is 200 Å². The summed E-state index contributed by atoms with van der Waals surface area (Å²) in [4.78, 5) is 19.1. The standard InChI is InChI=1S/C26H21FN2O2S2/c1-17-22(29-24(30)15-33-26(29)19-7-9-20(27)10-8-19)11-12-23(31-13-21-14-32-16-28-21)25(17)18-5-3-2-4-6-18/h2-12,14,16,26H,13,15H2,1H3. The molecule has 2 heterocycles. The van der Waals surface area contributed by atoms with Gasteiger partial charge in [-0.1, -0.05) is 42.5 Å². The number of thioether (sulfide) groups is 1. The second-order valence-corrected chi connectivity index (χ2v) is 9.48. The lowest BCUT2D eigenvalue weighted by atomic mass is 9.97. The van der Waals surface area contributed by atoms with Crippen LogP contribution in [0.1, 0.15) is 22.2 Å². The summed E-state index contributed by atoms with van der Waals surface area (Å²) in [7, 11) is 0. The van der Waals surface area contributed by atoms with E-state index in [9.17, 15) is 9.18 Å². The van der Waals surface area contributed by atoms with Gasteiger partial charge in [-0.15, -0.1) is 23.1 Å². The molecule has 0 spiro atoms. The summed E-state index contributed by atoms with van der Waals surface area (Å²) in [6, 6.07) is 20.3. The molecule has 5 rings (SSSR count). The fourth-order valence-corrected chi connectivity index (χ4v) is 5.75. The number of carbonyl (C=O) groups is 1. The Morgan fingerprint density at radius 2 is 1.88 bits per heavy atom. The van der Waals surface area contributed by atoms with E-state index < -0.39 is 0 Å². The maximum Gasteiger partial charge on any atom is 0.238 e. The molecule has 0 aliphatic carbocycles. The van der Waals surface area contributed by atoms with Gasteiger partial charge in [0, 0.05) is 16.6 Å². The molecule has 1 unspecified atom stereocenters. The lowest BCUT2D eigenvalue weighted by Gasteiger charge is -2.28. The number of hydrogen-bond donors (Lipinski definition) is 0. The second kappa shape index (κ2) is 9.37. The van der Waals surface area contributed by atoms with Gasteiger partial charge in [-0.3, -0.25) is 9.69 Å². The van der Waals surface area contributed by atoms with E-state index in [0.717, 1.165) is 39.4 Å². The molecule has 1 saturated heterocycles. The van der Waals surface area contributed by atoms with E-state index in [1.165, 1.54) is 23.5 Å². The molecule has 166 valence electrons. The minimum atomic E-state index is -0.288. The zero-order valence-electron chi connectivity index (χ0n) is 17.9. The fraction of sp³-hybridized carbons (Fsp3) is 0.154. The normalized spacial score (nSPS) is 15.8. The van der Waals surface area contributed by atoms with Crippen LogP contribution in [0.25, 0.3) is 11.1 Å². The quantitative estimate of drug-likeness (QED) is 0.314. The van der Waals surface area contributed by atoms with Crippen molar-refractivity contribution >= 4 is 34.7 Å². The van der Waals surface area contributed by atoms with Crippen LogP contribution >= 0.6 is 23.1 Å². The van der Waals surface area contributed by atoms with Crippen LogP contribution in [0.2, 0.25) is 0 Å². The number of halogens is 1. The minimum Gasteiger partial charge on any atom is -0.487 e. The fourth-order valence-electron chi connectivity index (χ4n) is 4.04. The van der Waals surface area contributed by atoms with Gasteiger partial charge in [-0.2, -0.15) is 0 Å². The minimum absolute atomic E-state index is 0.0348. The van der Waals surface area contributed by atoms with Crippen molar-refractivity contribution in [1.82, 2.24) is 4.98 Å². The Morgan fingerprint density at radius 1 is 1.09 bits per heavy atom. The first-order valence-corrected chi connectivity index (χ1v) is 12.5. The number of amides is 1. The van der Waals surface area contributed by atoms with Crippen molar-refractivity contribution in [3.63, 3.8) is 0 Å². The van der Waals surface area contributed by atoms with Crippen LogP contribution in [0.3, 0.4) is 0 Å². The molecule has 1 amide bonds. The smallest absolute Gasteiger partial charge is 0.238 e. The average molecular weight is 477 g/mol. The highest BCUT2D eigenvalue weighted by atomic mass is 32.2. The molecule has 0 radical (unpaired) electrons. The Hall–Kier alpha value is -3.16. The summed E-state index contributed by atoms with van der Waals surface area (Å²) in [5.41, 5.74) is 7.32. The van der Waals surface area contributed by atoms with E-state index in [1.807, 2.05) is 59.7 Å². The van der Waals surface area contributed by atoms with Gasteiger partial charge in [0.25, 0.3) is 0 Å². The Balaban J connectivity index is 1.57. The molecule has 3 aromatic carbocycles. The zero-order chi connectivity index (χ0) is 22.8. The molecule has 1 atom stereocenters. The van der Waals surface area contributed by atoms with E-state index in [-0.39, 0.29) is 17.1 Å². The second-order valence-electron chi connectivity index (χ2n) is 7.70.